The molecular weight excluding hydrogens is 277 g/mol. The van der Waals surface area contributed by atoms with Crippen LogP contribution in [-0.2, 0) is 5.41 Å². The highest BCUT2D eigenvalue weighted by Crippen LogP contribution is 2.30. The van der Waals surface area contributed by atoms with E-state index in [1.807, 2.05) is 27.7 Å². The third-order valence-corrected chi connectivity index (χ3v) is 3.34. The smallest absolute Gasteiger partial charge is 0.141 e. The molecule has 0 saturated heterocycles. The van der Waals surface area contributed by atoms with E-state index in [9.17, 15) is 4.39 Å². The molecule has 0 radical (unpaired) electrons. The quantitative estimate of drug-likeness (QED) is 0.860. The third-order valence-electron chi connectivity index (χ3n) is 3.05. The van der Waals surface area contributed by atoms with Gasteiger partial charge in [0.05, 0.1) is 10.7 Å². The van der Waals surface area contributed by atoms with Crippen molar-refractivity contribution in [3.8, 4) is 11.3 Å². The van der Waals surface area contributed by atoms with Crippen molar-refractivity contribution in [2.45, 2.75) is 33.1 Å². The first-order valence-corrected chi connectivity index (χ1v) is 6.68. The molecule has 0 amide bonds. The topological polar surface area (TPSA) is 51.8 Å². The van der Waals surface area contributed by atoms with Crippen LogP contribution >= 0.6 is 11.6 Å². The van der Waals surface area contributed by atoms with Crippen LogP contribution in [0, 0.1) is 12.7 Å². The summed E-state index contributed by atoms with van der Waals surface area (Å²) in [5, 5.41) is 0.0661. The molecule has 2 N–H and O–H groups in total. The van der Waals surface area contributed by atoms with Gasteiger partial charge in [0.2, 0.25) is 0 Å². The predicted molar refractivity (Wildman–Crippen MR) is 80.3 cm³/mol. The van der Waals surface area contributed by atoms with Crippen molar-refractivity contribution in [1.29, 1.82) is 0 Å². The number of hydrogen-bond donors (Lipinski definition) is 1. The maximum atomic E-state index is 13.3. The zero-order chi connectivity index (χ0) is 15.1. The summed E-state index contributed by atoms with van der Waals surface area (Å²) >= 11 is 5.84. The number of benzene rings is 1. The van der Waals surface area contributed by atoms with Gasteiger partial charge >= 0.3 is 0 Å². The fourth-order valence-electron chi connectivity index (χ4n) is 1.79. The number of hydrogen-bond acceptors (Lipinski definition) is 3. The molecule has 106 valence electrons. The Hall–Kier alpha value is -1.68. The van der Waals surface area contributed by atoms with E-state index in [2.05, 4.69) is 9.97 Å². The number of anilines is 1. The lowest BCUT2D eigenvalue weighted by molar-refractivity contribution is 0.546. The van der Waals surface area contributed by atoms with E-state index in [0.29, 0.717) is 17.3 Å². The van der Waals surface area contributed by atoms with Crippen molar-refractivity contribution in [3.05, 3.63) is 40.4 Å². The first kappa shape index (κ1) is 14.7. The van der Waals surface area contributed by atoms with Gasteiger partial charge in [-0.25, -0.2) is 14.4 Å². The molecule has 5 heteroatoms. The van der Waals surface area contributed by atoms with Crippen LogP contribution in [-0.4, -0.2) is 9.97 Å². The molecule has 0 aliphatic carbocycles. The standard InChI is InChI=1S/C15H17ClFN3/c1-8-12(9-5-6-11(17)10(16)7-9)19-14(15(2,3)4)20-13(8)18/h5-7H,1-4H3,(H2,18,19,20). The van der Waals surface area contributed by atoms with E-state index in [0.717, 1.165) is 11.1 Å². The molecular formula is C15H17ClFN3. The van der Waals surface area contributed by atoms with Gasteiger partial charge in [-0.2, -0.15) is 0 Å². The molecule has 0 atom stereocenters. The zero-order valence-electron chi connectivity index (χ0n) is 12.0. The monoisotopic (exact) mass is 293 g/mol. The van der Waals surface area contributed by atoms with Gasteiger partial charge in [0.25, 0.3) is 0 Å². The molecule has 0 aliphatic heterocycles. The summed E-state index contributed by atoms with van der Waals surface area (Å²) in [6.45, 7) is 7.88. The molecule has 1 aromatic heterocycles. The third kappa shape index (κ3) is 2.75. The summed E-state index contributed by atoms with van der Waals surface area (Å²) in [5.41, 5.74) is 7.92. The Morgan fingerprint density at radius 2 is 1.85 bits per heavy atom. The van der Waals surface area contributed by atoms with E-state index < -0.39 is 5.82 Å². The molecule has 0 fully saturated rings. The first-order chi connectivity index (χ1) is 9.20. The Morgan fingerprint density at radius 1 is 1.20 bits per heavy atom. The lowest BCUT2D eigenvalue weighted by Gasteiger charge is -2.19. The van der Waals surface area contributed by atoms with Crippen molar-refractivity contribution < 1.29 is 4.39 Å². The summed E-state index contributed by atoms with van der Waals surface area (Å²) in [6, 6.07) is 4.52. The van der Waals surface area contributed by atoms with Gasteiger partial charge in [0.1, 0.15) is 17.5 Å². The van der Waals surface area contributed by atoms with Crippen LogP contribution in [0.4, 0.5) is 10.2 Å². The molecule has 2 rings (SSSR count). The molecule has 1 aromatic carbocycles. The van der Waals surface area contributed by atoms with Crippen molar-refractivity contribution in [3.63, 3.8) is 0 Å². The van der Waals surface area contributed by atoms with E-state index in [-0.39, 0.29) is 10.4 Å². The molecule has 1 heterocycles. The summed E-state index contributed by atoms with van der Waals surface area (Å²) in [6.07, 6.45) is 0. The highest BCUT2D eigenvalue weighted by Gasteiger charge is 2.21. The summed E-state index contributed by atoms with van der Waals surface area (Å²) < 4.78 is 13.3. The second-order valence-corrected chi connectivity index (χ2v) is 6.19. The van der Waals surface area contributed by atoms with Crippen molar-refractivity contribution >= 4 is 17.4 Å². The van der Waals surface area contributed by atoms with Crippen LogP contribution in [0.5, 0.6) is 0 Å². The average molecular weight is 294 g/mol. The minimum atomic E-state index is -0.453. The van der Waals surface area contributed by atoms with Gasteiger partial charge in [-0.15, -0.1) is 0 Å². The summed E-state index contributed by atoms with van der Waals surface area (Å²) in [5.74, 6) is 0.627. The van der Waals surface area contributed by atoms with Crippen LogP contribution in [0.3, 0.4) is 0 Å². The molecule has 3 nitrogen and oxygen atoms in total. The number of nitrogens with two attached hydrogens (primary N) is 1. The number of aromatic nitrogens is 2. The lowest BCUT2D eigenvalue weighted by Crippen LogP contribution is -2.18. The molecule has 2 aromatic rings. The van der Waals surface area contributed by atoms with Gasteiger partial charge < -0.3 is 5.73 Å². The second kappa shape index (κ2) is 5.02. The van der Waals surface area contributed by atoms with Crippen LogP contribution in [0.25, 0.3) is 11.3 Å². The van der Waals surface area contributed by atoms with E-state index >= 15 is 0 Å². The lowest BCUT2D eigenvalue weighted by atomic mass is 9.95. The predicted octanol–water partition coefficient (Wildman–Crippen LogP) is 4.12. The first-order valence-electron chi connectivity index (χ1n) is 6.30. The molecule has 0 spiro atoms. The Labute approximate surface area is 123 Å². The molecule has 0 unspecified atom stereocenters. The van der Waals surface area contributed by atoms with E-state index in [1.54, 1.807) is 12.1 Å². The van der Waals surface area contributed by atoms with Crippen LogP contribution in [0.1, 0.15) is 32.2 Å². The fourth-order valence-corrected chi connectivity index (χ4v) is 1.97. The van der Waals surface area contributed by atoms with Gasteiger partial charge in [0, 0.05) is 16.5 Å². The van der Waals surface area contributed by atoms with Crippen molar-refractivity contribution in [2.24, 2.45) is 0 Å². The largest absolute Gasteiger partial charge is 0.383 e. The van der Waals surface area contributed by atoms with Crippen LogP contribution < -0.4 is 5.73 Å². The number of halogens is 2. The minimum Gasteiger partial charge on any atom is -0.383 e. The molecule has 0 bridgehead atoms. The zero-order valence-corrected chi connectivity index (χ0v) is 12.7. The van der Waals surface area contributed by atoms with Gasteiger partial charge in [-0.05, 0) is 25.1 Å². The molecule has 0 saturated carbocycles. The van der Waals surface area contributed by atoms with E-state index in [1.165, 1.54) is 6.07 Å². The Balaban J connectivity index is 2.66. The maximum absolute atomic E-state index is 13.3. The highest BCUT2D eigenvalue weighted by molar-refractivity contribution is 6.31. The average Bonchev–Trinajstić information content (AvgIpc) is 2.34. The molecule has 0 aliphatic rings. The second-order valence-electron chi connectivity index (χ2n) is 5.78. The van der Waals surface area contributed by atoms with Crippen LogP contribution in [0.15, 0.2) is 18.2 Å². The number of rotatable bonds is 1. The van der Waals surface area contributed by atoms with Crippen molar-refractivity contribution in [1.82, 2.24) is 9.97 Å². The summed E-state index contributed by atoms with van der Waals surface area (Å²) in [7, 11) is 0. The SMILES string of the molecule is Cc1c(N)nc(C(C)(C)C)nc1-c1ccc(F)c(Cl)c1. The fraction of sp³-hybridized carbons (Fsp3) is 0.333. The number of nitrogen functional groups attached to an aromatic ring is 1. The normalized spacial score (nSPS) is 11.7. The van der Waals surface area contributed by atoms with Gasteiger partial charge in [-0.1, -0.05) is 32.4 Å². The Bertz CT molecular complexity index is 663. The maximum Gasteiger partial charge on any atom is 0.141 e. The van der Waals surface area contributed by atoms with Crippen molar-refractivity contribution in [2.75, 3.05) is 5.73 Å². The Morgan fingerprint density at radius 3 is 2.40 bits per heavy atom. The van der Waals surface area contributed by atoms with Gasteiger partial charge in [-0.3, -0.25) is 0 Å². The molecule has 20 heavy (non-hydrogen) atoms. The van der Waals surface area contributed by atoms with E-state index in [4.69, 9.17) is 17.3 Å². The van der Waals surface area contributed by atoms with Crippen LogP contribution in [0.2, 0.25) is 5.02 Å². The highest BCUT2D eigenvalue weighted by atomic mass is 35.5. The number of nitrogens with zero attached hydrogens (tertiary/aromatic N) is 2. The summed E-state index contributed by atoms with van der Waals surface area (Å²) in [4.78, 5) is 8.90. The minimum absolute atomic E-state index is 0.0661. The Kier molecular flexibility index (Phi) is 3.69. The van der Waals surface area contributed by atoms with Gasteiger partial charge in [0.15, 0.2) is 0 Å².